The van der Waals surface area contributed by atoms with Crippen LogP contribution < -0.4 is 10.2 Å². The van der Waals surface area contributed by atoms with E-state index < -0.39 is 0 Å². The van der Waals surface area contributed by atoms with Crippen LogP contribution in [0, 0.1) is 5.82 Å². The van der Waals surface area contributed by atoms with E-state index in [9.17, 15) is 4.39 Å². The summed E-state index contributed by atoms with van der Waals surface area (Å²) < 4.78 is 13.1. The van der Waals surface area contributed by atoms with Crippen molar-refractivity contribution in [3.63, 3.8) is 0 Å². The van der Waals surface area contributed by atoms with Crippen LogP contribution in [0.1, 0.15) is 25.7 Å². The number of hydrogen-bond donors (Lipinski definition) is 1. The first-order valence-corrected chi connectivity index (χ1v) is 8.84. The quantitative estimate of drug-likeness (QED) is 0.739. The number of halogens is 1. The van der Waals surface area contributed by atoms with Crippen molar-refractivity contribution in [1.82, 2.24) is 9.97 Å². The predicted octanol–water partition coefficient (Wildman–Crippen LogP) is 4.89. The van der Waals surface area contributed by atoms with E-state index in [0.717, 1.165) is 35.5 Å². The van der Waals surface area contributed by atoms with Gasteiger partial charge in [-0.1, -0.05) is 25.0 Å². The SMILES string of the molecule is Fc1ccc(Nc2nc(N3CCCCCC3)c3ccccc3n2)cc1. The summed E-state index contributed by atoms with van der Waals surface area (Å²) in [5, 5.41) is 4.28. The molecule has 0 aliphatic carbocycles. The van der Waals surface area contributed by atoms with Gasteiger partial charge in [-0.3, -0.25) is 0 Å². The van der Waals surface area contributed by atoms with Crippen LogP contribution in [0.2, 0.25) is 0 Å². The van der Waals surface area contributed by atoms with E-state index in [2.05, 4.69) is 21.3 Å². The Labute approximate surface area is 146 Å². The number of para-hydroxylation sites is 1. The Morgan fingerprint density at radius 3 is 2.32 bits per heavy atom. The van der Waals surface area contributed by atoms with Crippen LogP contribution in [-0.4, -0.2) is 23.1 Å². The molecule has 1 saturated heterocycles. The fraction of sp³-hybridized carbons (Fsp3) is 0.300. The molecule has 5 heteroatoms. The molecule has 0 amide bonds. The lowest BCUT2D eigenvalue weighted by Gasteiger charge is -2.23. The van der Waals surface area contributed by atoms with E-state index in [1.165, 1.54) is 37.8 Å². The number of nitrogens with zero attached hydrogens (tertiary/aromatic N) is 3. The van der Waals surface area contributed by atoms with Gasteiger partial charge < -0.3 is 10.2 Å². The smallest absolute Gasteiger partial charge is 0.229 e. The first kappa shape index (κ1) is 15.8. The highest BCUT2D eigenvalue weighted by molar-refractivity contribution is 5.90. The summed E-state index contributed by atoms with van der Waals surface area (Å²) in [6.45, 7) is 2.05. The van der Waals surface area contributed by atoms with E-state index in [-0.39, 0.29) is 5.82 Å². The van der Waals surface area contributed by atoms with Crippen molar-refractivity contribution in [3.8, 4) is 0 Å². The highest BCUT2D eigenvalue weighted by Crippen LogP contribution is 2.28. The Kier molecular flexibility index (Phi) is 4.46. The number of aromatic nitrogens is 2. The van der Waals surface area contributed by atoms with Crippen LogP contribution in [-0.2, 0) is 0 Å². The van der Waals surface area contributed by atoms with Crippen LogP contribution in [0.25, 0.3) is 10.9 Å². The maximum Gasteiger partial charge on any atom is 0.229 e. The molecule has 4 rings (SSSR count). The van der Waals surface area contributed by atoms with Crippen molar-refractivity contribution in [2.24, 2.45) is 0 Å². The minimum atomic E-state index is -0.254. The summed E-state index contributed by atoms with van der Waals surface area (Å²) >= 11 is 0. The first-order valence-electron chi connectivity index (χ1n) is 8.84. The lowest BCUT2D eigenvalue weighted by atomic mass is 10.2. The molecular formula is C20H21FN4. The molecule has 0 atom stereocenters. The average Bonchev–Trinajstić information content (AvgIpc) is 2.92. The monoisotopic (exact) mass is 336 g/mol. The van der Waals surface area contributed by atoms with Crippen molar-refractivity contribution < 1.29 is 4.39 Å². The average molecular weight is 336 g/mol. The number of anilines is 3. The fourth-order valence-electron chi connectivity index (χ4n) is 3.30. The molecule has 2 aromatic carbocycles. The van der Waals surface area contributed by atoms with Gasteiger partial charge in [0.15, 0.2) is 0 Å². The van der Waals surface area contributed by atoms with Gasteiger partial charge in [-0.15, -0.1) is 0 Å². The van der Waals surface area contributed by atoms with E-state index in [0.29, 0.717) is 5.95 Å². The Bertz CT molecular complexity index is 855. The summed E-state index contributed by atoms with van der Waals surface area (Å²) in [6.07, 6.45) is 4.94. The molecule has 1 aromatic heterocycles. The van der Waals surface area contributed by atoms with Gasteiger partial charge in [-0.25, -0.2) is 9.37 Å². The van der Waals surface area contributed by atoms with E-state index >= 15 is 0 Å². The molecule has 0 radical (unpaired) electrons. The predicted molar refractivity (Wildman–Crippen MR) is 99.9 cm³/mol. The third-order valence-electron chi connectivity index (χ3n) is 4.59. The Balaban J connectivity index is 1.73. The van der Waals surface area contributed by atoms with Crippen LogP contribution in [0.4, 0.5) is 21.8 Å². The maximum absolute atomic E-state index is 13.1. The van der Waals surface area contributed by atoms with Crippen LogP contribution >= 0.6 is 0 Å². The third-order valence-corrected chi connectivity index (χ3v) is 4.59. The maximum atomic E-state index is 13.1. The molecule has 1 aliphatic heterocycles. The van der Waals surface area contributed by atoms with Gasteiger partial charge in [0.2, 0.25) is 5.95 Å². The zero-order valence-corrected chi connectivity index (χ0v) is 14.1. The van der Waals surface area contributed by atoms with Crippen LogP contribution in [0.5, 0.6) is 0 Å². The molecule has 4 nitrogen and oxygen atoms in total. The highest BCUT2D eigenvalue weighted by Gasteiger charge is 2.16. The largest absolute Gasteiger partial charge is 0.356 e. The Morgan fingerprint density at radius 1 is 0.840 bits per heavy atom. The standard InChI is InChI=1S/C20H21FN4/c21-15-9-11-16(12-10-15)22-20-23-18-8-4-3-7-17(18)19(24-20)25-13-5-1-2-6-14-25/h3-4,7-12H,1-2,5-6,13-14H2,(H,22,23,24). The molecule has 1 aliphatic rings. The number of hydrogen-bond acceptors (Lipinski definition) is 4. The van der Waals surface area contributed by atoms with Gasteiger partial charge in [0.1, 0.15) is 11.6 Å². The summed E-state index contributed by atoms with van der Waals surface area (Å²) in [5.41, 5.74) is 1.69. The lowest BCUT2D eigenvalue weighted by molar-refractivity contribution is 0.628. The molecular weight excluding hydrogens is 315 g/mol. The second-order valence-corrected chi connectivity index (χ2v) is 6.42. The second kappa shape index (κ2) is 7.05. The molecule has 0 saturated carbocycles. The highest BCUT2D eigenvalue weighted by atomic mass is 19.1. The summed E-state index contributed by atoms with van der Waals surface area (Å²) in [4.78, 5) is 11.8. The third kappa shape index (κ3) is 3.55. The van der Waals surface area contributed by atoms with Crippen molar-refractivity contribution in [1.29, 1.82) is 0 Å². The zero-order chi connectivity index (χ0) is 17.1. The van der Waals surface area contributed by atoms with Gasteiger partial charge >= 0.3 is 0 Å². The number of benzene rings is 2. The fourth-order valence-corrected chi connectivity index (χ4v) is 3.30. The van der Waals surface area contributed by atoms with Crippen LogP contribution in [0.3, 0.4) is 0 Å². The number of nitrogens with one attached hydrogen (secondary N) is 1. The molecule has 1 fully saturated rings. The van der Waals surface area contributed by atoms with E-state index in [1.54, 1.807) is 12.1 Å². The van der Waals surface area contributed by atoms with E-state index in [4.69, 9.17) is 4.98 Å². The van der Waals surface area contributed by atoms with E-state index in [1.807, 2.05) is 18.2 Å². The first-order chi connectivity index (χ1) is 12.3. The van der Waals surface area contributed by atoms with Crippen LogP contribution in [0.15, 0.2) is 48.5 Å². The summed E-state index contributed by atoms with van der Waals surface area (Å²) in [6, 6.07) is 14.4. The van der Waals surface area contributed by atoms with Crippen molar-refractivity contribution in [2.75, 3.05) is 23.3 Å². The van der Waals surface area contributed by atoms with Gasteiger partial charge in [0.05, 0.1) is 5.52 Å². The van der Waals surface area contributed by atoms with Crippen molar-refractivity contribution in [2.45, 2.75) is 25.7 Å². The molecule has 0 spiro atoms. The minimum absolute atomic E-state index is 0.254. The minimum Gasteiger partial charge on any atom is -0.356 e. The van der Waals surface area contributed by atoms with Crippen molar-refractivity contribution in [3.05, 3.63) is 54.3 Å². The second-order valence-electron chi connectivity index (χ2n) is 6.42. The molecule has 0 bridgehead atoms. The van der Waals surface area contributed by atoms with Crippen molar-refractivity contribution >= 4 is 28.4 Å². The number of rotatable bonds is 3. The summed E-state index contributed by atoms with van der Waals surface area (Å²) in [5.74, 6) is 1.27. The molecule has 25 heavy (non-hydrogen) atoms. The Hall–Kier alpha value is -2.69. The van der Waals surface area contributed by atoms with Gasteiger partial charge in [-0.2, -0.15) is 4.98 Å². The molecule has 3 aromatic rings. The molecule has 1 N–H and O–H groups in total. The molecule has 2 heterocycles. The Morgan fingerprint density at radius 2 is 1.56 bits per heavy atom. The lowest BCUT2D eigenvalue weighted by Crippen LogP contribution is -2.25. The van der Waals surface area contributed by atoms with Gasteiger partial charge in [-0.05, 0) is 49.2 Å². The molecule has 128 valence electrons. The normalized spacial score (nSPS) is 15.2. The zero-order valence-electron chi connectivity index (χ0n) is 14.1. The van der Waals surface area contributed by atoms with Gasteiger partial charge in [0.25, 0.3) is 0 Å². The topological polar surface area (TPSA) is 41.1 Å². The molecule has 0 unspecified atom stereocenters. The number of fused-ring (bicyclic) bond motifs is 1. The summed E-state index contributed by atoms with van der Waals surface area (Å²) in [7, 11) is 0. The van der Waals surface area contributed by atoms with Gasteiger partial charge in [0, 0.05) is 24.2 Å².